The van der Waals surface area contributed by atoms with Gasteiger partial charge in [0.25, 0.3) is 0 Å². The van der Waals surface area contributed by atoms with Gasteiger partial charge >= 0.3 is 6.61 Å². The monoisotopic (exact) mass is 262 g/mol. The number of ketones is 1. The van der Waals surface area contributed by atoms with E-state index in [-0.39, 0.29) is 17.4 Å². The van der Waals surface area contributed by atoms with Crippen LogP contribution in [0.15, 0.2) is 24.3 Å². The van der Waals surface area contributed by atoms with Crippen LogP contribution in [0.5, 0.6) is 5.75 Å². The van der Waals surface area contributed by atoms with Gasteiger partial charge in [-0.3, -0.25) is 4.79 Å². The number of alkyl halides is 3. The second kappa shape index (κ2) is 5.45. The Morgan fingerprint density at radius 2 is 1.88 bits per heavy atom. The van der Waals surface area contributed by atoms with Gasteiger partial charge in [0.1, 0.15) is 5.75 Å². The molecule has 0 saturated heterocycles. The van der Waals surface area contributed by atoms with E-state index in [9.17, 15) is 13.6 Å². The number of hydrogen-bond donors (Lipinski definition) is 0. The fourth-order valence-electron chi connectivity index (χ4n) is 1.24. The van der Waals surface area contributed by atoms with Crippen LogP contribution in [0, 0.1) is 5.41 Å². The predicted octanol–water partition coefficient (Wildman–Crippen LogP) is 3.74. The Labute approximate surface area is 104 Å². The summed E-state index contributed by atoms with van der Waals surface area (Å²) in [5.74, 6) is 0.0949. The van der Waals surface area contributed by atoms with E-state index in [1.54, 1.807) is 13.8 Å². The molecule has 0 aliphatic carbocycles. The summed E-state index contributed by atoms with van der Waals surface area (Å²) in [5, 5.41) is 0. The Morgan fingerprint density at radius 3 is 2.29 bits per heavy atom. The summed E-state index contributed by atoms with van der Waals surface area (Å²) in [6.07, 6.45) is 0. The minimum atomic E-state index is -2.86. The SMILES string of the molecule is CC(C)(CCl)C(=O)c1ccc(OC(F)F)cc1. The molecule has 0 bridgehead atoms. The maximum absolute atomic E-state index is 12.0. The Kier molecular flexibility index (Phi) is 4.46. The average Bonchev–Trinajstić information content (AvgIpc) is 2.28. The quantitative estimate of drug-likeness (QED) is 0.597. The van der Waals surface area contributed by atoms with E-state index < -0.39 is 12.0 Å². The smallest absolute Gasteiger partial charge is 0.387 e. The van der Waals surface area contributed by atoms with Crippen molar-refractivity contribution in [3.05, 3.63) is 29.8 Å². The van der Waals surface area contributed by atoms with E-state index in [4.69, 9.17) is 11.6 Å². The molecule has 0 aromatic heterocycles. The van der Waals surface area contributed by atoms with Gasteiger partial charge in [-0.15, -0.1) is 11.6 Å². The largest absolute Gasteiger partial charge is 0.435 e. The zero-order chi connectivity index (χ0) is 13.1. The number of carbonyl (C=O) groups is 1. The van der Waals surface area contributed by atoms with Crippen molar-refractivity contribution in [2.24, 2.45) is 5.41 Å². The first-order valence-electron chi connectivity index (χ1n) is 5.02. The van der Waals surface area contributed by atoms with Crippen LogP contribution in [-0.4, -0.2) is 18.3 Å². The molecule has 0 spiro atoms. The van der Waals surface area contributed by atoms with E-state index in [2.05, 4.69) is 4.74 Å². The zero-order valence-corrected chi connectivity index (χ0v) is 10.3. The van der Waals surface area contributed by atoms with Gasteiger partial charge in [-0.25, -0.2) is 0 Å². The van der Waals surface area contributed by atoms with Crippen molar-refractivity contribution >= 4 is 17.4 Å². The number of Topliss-reactive ketones (excluding diaryl/α,β-unsaturated/α-hetero) is 1. The molecule has 0 aliphatic rings. The Hall–Kier alpha value is -1.16. The summed E-state index contributed by atoms with van der Waals surface area (Å²) >= 11 is 5.69. The molecule has 5 heteroatoms. The van der Waals surface area contributed by atoms with Gasteiger partial charge in [-0.1, -0.05) is 13.8 Å². The molecule has 0 radical (unpaired) electrons. The average molecular weight is 263 g/mol. The van der Waals surface area contributed by atoms with Gasteiger partial charge in [0, 0.05) is 16.9 Å². The first-order chi connectivity index (χ1) is 7.86. The van der Waals surface area contributed by atoms with E-state index in [1.165, 1.54) is 24.3 Å². The molecule has 94 valence electrons. The van der Waals surface area contributed by atoms with Gasteiger partial charge in [0.15, 0.2) is 5.78 Å². The summed E-state index contributed by atoms with van der Waals surface area (Å²) in [5.41, 5.74) is -0.246. The third kappa shape index (κ3) is 3.66. The second-order valence-corrected chi connectivity index (χ2v) is 4.52. The third-order valence-corrected chi connectivity index (χ3v) is 2.96. The molecule has 1 aromatic rings. The van der Waals surface area contributed by atoms with Crippen LogP contribution in [0.2, 0.25) is 0 Å². The standard InChI is InChI=1S/C12H13ClF2O2/c1-12(2,7-13)10(16)8-3-5-9(6-4-8)17-11(14)15/h3-6,11H,7H2,1-2H3. The van der Waals surface area contributed by atoms with Gasteiger partial charge < -0.3 is 4.74 Å². The van der Waals surface area contributed by atoms with Crippen LogP contribution < -0.4 is 4.74 Å². The summed E-state index contributed by atoms with van der Waals surface area (Å²) in [4.78, 5) is 12.0. The summed E-state index contributed by atoms with van der Waals surface area (Å²) in [7, 11) is 0. The normalized spacial score (nSPS) is 11.6. The van der Waals surface area contributed by atoms with Crippen LogP contribution in [0.4, 0.5) is 8.78 Å². The Bertz CT molecular complexity index is 388. The Morgan fingerprint density at radius 1 is 1.35 bits per heavy atom. The number of rotatable bonds is 5. The minimum Gasteiger partial charge on any atom is -0.435 e. The van der Waals surface area contributed by atoms with Gasteiger partial charge in [-0.2, -0.15) is 8.78 Å². The molecule has 0 N–H and O–H groups in total. The van der Waals surface area contributed by atoms with Crippen molar-refractivity contribution < 1.29 is 18.3 Å². The van der Waals surface area contributed by atoms with Gasteiger partial charge in [0.2, 0.25) is 0 Å². The molecular weight excluding hydrogens is 250 g/mol. The van der Waals surface area contributed by atoms with Crippen LogP contribution in [0.25, 0.3) is 0 Å². The highest BCUT2D eigenvalue weighted by molar-refractivity contribution is 6.20. The lowest BCUT2D eigenvalue weighted by Crippen LogP contribution is -2.26. The topological polar surface area (TPSA) is 26.3 Å². The highest BCUT2D eigenvalue weighted by Crippen LogP contribution is 2.25. The molecule has 0 heterocycles. The number of benzene rings is 1. The van der Waals surface area contributed by atoms with E-state index in [0.717, 1.165) is 0 Å². The van der Waals surface area contributed by atoms with E-state index in [0.29, 0.717) is 5.56 Å². The highest BCUT2D eigenvalue weighted by Gasteiger charge is 2.27. The number of ether oxygens (including phenoxy) is 1. The predicted molar refractivity (Wildman–Crippen MR) is 61.9 cm³/mol. The first-order valence-corrected chi connectivity index (χ1v) is 5.56. The maximum atomic E-state index is 12.0. The number of hydrogen-bond acceptors (Lipinski definition) is 2. The number of carbonyl (C=O) groups excluding carboxylic acids is 1. The van der Waals surface area contributed by atoms with Crippen LogP contribution in [-0.2, 0) is 0 Å². The van der Waals surface area contributed by atoms with Crippen LogP contribution in [0.3, 0.4) is 0 Å². The lowest BCUT2D eigenvalue weighted by atomic mass is 9.86. The molecule has 0 amide bonds. The van der Waals surface area contributed by atoms with Gasteiger partial charge in [0.05, 0.1) is 0 Å². The molecule has 1 aromatic carbocycles. The van der Waals surface area contributed by atoms with Crippen molar-refractivity contribution in [2.45, 2.75) is 20.5 Å². The van der Waals surface area contributed by atoms with Crippen molar-refractivity contribution in [3.63, 3.8) is 0 Å². The summed E-state index contributed by atoms with van der Waals surface area (Å²) in [6, 6.07) is 5.58. The molecule has 0 saturated carbocycles. The fourth-order valence-corrected chi connectivity index (χ4v) is 1.36. The first kappa shape index (κ1) is 13.9. The molecule has 2 nitrogen and oxygen atoms in total. The Balaban J connectivity index is 2.84. The molecular formula is C12H13ClF2O2. The molecule has 0 atom stereocenters. The highest BCUT2D eigenvalue weighted by atomic mass is 35.5. The van der Waals surface area contributed by atoms with Crippen molar-refractivity contribution in [2.75, 3.05) is 5.88 Å². The summed E-state index contributed by atoms with van der Waals surface area (Å²) in [6.45, 7) is 0.591. The minimum absolute atomic E-state index is 0.0280. The van der Waals surface area contributed by atoms with E-state index in [1.807, 2.05) is 0 Å². The van der Waals surface area contributed by atoms with Crippen molar-refractivity contribution in [1.82, 2.24) is 0 Å². The molecule has 17 heavy (non-hydrogen) atoms. The lowest BCUT2D eigenvalue weighted by Gasteiger charge is -2.19. The molecule has 0 aliphatic heterocycles. The maximum Gasteiger partial charge on any atom is 0.387 e. The molecule has 0 fully saturated rings. The molecule has 1 rings (SSSR count). The molecule has 0 unspecified atom stereocenters. The van der Waals surface area contributed by atoms with E-state index >= 15 is 0 Å². The van der Waals surface area contributed by atoms with Gasteiger partial charge in [-0.05, 0) is 24.3 Å². The zero-order valence-electron chi connectivity index (χ0n) is 9.54. The van der Waals surface area contributed by atoms with Crippen LogP contribution >= 0.6 is 11.6 Å². The fraction of sp³-hybridized carbons (Fsp3) is 0.417. The summed E-state index contributed by atoms with van der Waals surface area (Å²) < 4.78 is 28.0. The second-order valence-electron chi connectivity index (χ2n) is 4.25. The number of halogens is 3. The van der Waals surface area contributed by atoms with Crippen molar-refractivity contribution in [1.29, 1.82) is 0 Å². The van der Waals surface area contributed by atoms with Crippen molar-refractivity contribution in [3.8, 4) is 5.75 Å². The third-order valence-electron chi connectivity index (χ3n) is 2.29. The van der Waals surface area contributed by atoms with Crippen LogP contribution in [0.1, 0.15) is 24.2 Å². The lowest BCUT2D eigenvalue weighted by molar-refractivity contribution is -0.0498.